The van der Waals surface area contributed by atoms with Gasteiger partial charge in [-0.3, -0.25) is 4.90 Å². The number of benzene rings is 2. The largest absolute Gasteiger partial charge is 0.493 e. The number of esters is 1. The maximum atomic E-state index is 11.6. The van der Waals surface area contributed by atoms with Gasteiger partial charge in [0.25, 0.3) is 0 Å². The highest BCUT2D eigenvalue weighted by Gasteiger charge is 2.16. The van der Waals surface area contributed by atoms with Crippen LogP contribution in [0.15, 0.2) is 36.4 Å². The summed E-state index contributed by atoms with van der Waals surface area (Å²) in [7, 11) is 7.89. The molecule has 2 rings (SSSR count). The molecule has 30 heavy (non-hydrogen) atoms. The highest BCUT2D eigenvalue weighted by Crippen LogP contribution is 2.31. The number of ether oxygens (including phenoxy) is 5. The molecule has 2 aromatic carbocycles. The van der Waals surface area contributed by atoms with Gasteiger partial charge in [-0.25, -0.2) is 4.79 Å². The molecule has 0 spiro atoms. The zero-order chi connectivity index (χ0) is 22.1. The molecule has 0 heterocycles. The van der Waals surface area contributed by atoms with Gasteiger partial charge in [-0.2, -0.15) is 0 Å². The Morgan fingerprint density at radius 3 is 2.37 bits per heavy atom. The molecule has 8 nitrogen and oxygen atoms in total. The van der Waals surface area contributed by atoms with E-state index in [1.54, 1.807) is 26.4 Å². The molecule has 8 heteroatoms. The Hall–Kier alpha value is -2.97. The molecular formula is C22H29NO7. The summed E-state index contributed by atoms with van der Waals surface area (Å²) in [6.45, 7) is 1.00. The van der Waals surface area contributed by atoms with E-state index in [0.29, 0.717) is 41.7 Å². The fourth-order valence-corrected chi connectivity index (χ4v) is 3.06. The molecule has 0 unspecified atom stereocenters. The van der Waals surface area contributed by atoms with Gasteiger partial charge in [-0.05, 0) is 31.3 Å². The van der Waals surface area contributed by atoms with Crippen LogP contribution in [0.3, 0.4) is 0 Å². The first-order chi connectivity index (χ1) is 14.4. The fourth-order valence-electron chi connectivity index (χ4n) is 3.06. The average Bonchev–Trinajstić information content (AvgIpc) is 2.76. The summed E-state index contributed by atoms with van der Waals surface area (Å²) >= 11 is 0. The lowest BCUT2D eigenvalue weighted by Gasteiger charge is -2.22. The van der Waals surface area contributed by atoms with Crippen molar-refractivity contribution < 1.29 is 33.6 Å². The third kappa shape index (κ3) is 6.01. The molecule has 0 amide bonds. The zero-order valence-corrected chi connectivity index (χ0v) is 18.0. The number of carbonyl (C=O) groups is 1. The summed E-state index contributed by atoms with van der Waals surface area (Å²) in [6, 6.07) is 10.4. The van der Waals surface area contributed by atoms with Crippen LogP contribution in [0, 0.1) is 0 Å². The van der Waals surface area contributed by atoms with Gasteiger partial charge in [0.2, 0.25) is 0 Å². The standard InChI is InChI=1S/C22H29NO7/c1-23(12-16-7-6-8-19(26-2)21(16)28-4)13-17(24)14-30-18-10-9-15(22(25)29-5)11-20(18)27-3/h6-11,17,24H,12-14H2,1-5H3/t17-/m0/s1. The van der Waals surface area contributed by atoms with Crippen molar-refractivity contribution in [2.45, 2.75) is 12.6 Å². The third-order valence-corrected chi connectivity index (χ3v) is 4.46. The van der Waals surface area contributed by atoms with Crippen molar-refractivity contribution in [3.63, 3.8) is 0 Å². The van der Waals surface area contributed by atoms with Crippen LogP contribution < -0.4 is 18.9 Å². The number of hydrogen-bond acceptors (Lipinski definition) is 8. The Labute approximate surface area is 176 Å². The monoisotopic (exact) mass is 419 g/mol. The van der Waals surface area contributed by atoms with E-state index in [-0.39, 0.29) is 6.61 Å². The SMILES string of the molecule is COC(=O)c1ccc(OC[C@@H](O)CN(C)Cc2cccc(OC)c2OC)c(OC)c1. The van der Waals surface area contributed by atoms with Crippen LogP contribution in [0.2, 0.25) is 0 Å². The quantitative estimate of drug-likeness (QED) is 0.556. The van der Waals surface area contributed by atoms with Gasteiger partial charge in [0.15, 0.2) is 23.0 Å². The lowest BCUT2D eigenvalue weighted by atomic mass is 10.1. The molecule has 0 radical (unpaired) electrons. The molecule has 2 aromatic rings. The van der Waals surface area contributed by atoms with Crippen LogP contribution >= 0.6 is 0 Å². The molecule has 0 aliphatic rings. The third-order valence-electron chi connectivity index (χ3n) is 4.46. The van der Waals surface area contributed by atoms with Crippen molar-refractivity contribution >= 4 is 5.97 Å². The van der Waals surface area contributed by atoms with E-state index in [4.69, 9.17) is 23.7 Å². The van der Waals surface area contributed by atoms with Gasteiger partial charge in [-0.15, -0.1) is 0 Å². The molecule has 164 valence electrons. The second-order valence-electron chi connectivity index (χ2n) is 6.67. The van der Waals surface area contributed by atoms with E-state index >= 15 is 0 Å². The van der Waals surface area contributed by atoms with Gasteiger partial charge >= 0.3 is 5.97 Å². The molecule has 1 N–H and O–H groups in total. The van der Waals surface area contributed by atoms with Gasteiger partial charge in [0.05, 0.1) is 34.0 Å². The molecule has 0 aliphatic carbocycles. The Morgan fingerprint density at radius 1 is 1.00 bits per heavy atom. The molecular weight excluding hydrogens is 390 g/mol. The summed E-state index contributed by atoms with van der Waals surface area (Å²) in [5.41, 5.74) is 1.31. The number of aliphatic hydroxyl groups is 1. The number of methoxy groups -OCH3 is 4. The van der Waals surface area contributed by atoms with Crippen molar-refractivity contribution in [2.75, 3.05) is 48.6 Å². The Bertz CT molecular complexity index is 840. The van der Waals surface area contributed by atoms with Gasteiger partial charge in [0, 0.05) is 18.7 Å². The number of aliphatic hydroxyl groups excluding tert-OH is 1. The lowest BCUT2D eigenvalue weighted by Crippen LogP contribution is -2.33. The summed E-state index contributed by atoms with van der Waals surface area (Å²) in [4.78, 5) is 13.6. The van der Waals surface area contributed by atoms with E-state index in [1.807, 2.05) is 30.1 Å². The smallest absolute Gasteiger partial charge is 0.337 e. The van der Waals surface area contributed by atoms with Crippen molar-refractivity contribution in [2.24, 2.45) is 0 Å². The number of hydrogen-bond donors (Lipinski definition) is 1. The first-order valence-corrected chi connectivity index (χ1v) is 9.39. The van der Waals surface area contributed by atoms with Gasteiger partial charge in [-0.1, -0.05) is 12.1 Å². The summed E-state index contributed by atoms with van der Waals surface area (Å²) in [6.07, 6.45) is -0.739. The van der Waals surface area contributed by atoms with E-state index in [0.717, 1.165) is 5.56 Å². The minimum Gasteiger partial charge on any atom is -0.493 e. The molecule has 0 fully saturated rings. The Morgan fingerprint density at radius 2 is 1.73 bits per heavy atom. The maximum Gasteiger partial charge on any atom is 0.337 e. The van der Waals surface area contributed by atoms with Crippen molar-refractivity contribution in [3.8, 4) is 23.0 Å². The van der Waals surface area contributed by atoms with E-state index in [2.05, 4.69) is 0 Å². The summed E-state index contributed by atoms with van der Waals surface area (Å²) < 4.78 is 26.4. The second kappa shape index (κ2) is 11.3. The Balaban J connectivity index is 1.95. The van der Waals surface area contributed by atoms with Crippen molar-refractivity contribution in [1.29, 1.82) is 0 Å². The predicted octanol–water partition coefficient (Wildman–Crippen LogP) is 2.37. The van der Waals surface area contributed by atoms with Crippen LogP contribution in [0.1, 0.15) is 15.9 Å². The Kier molecular flexibility index (Phi) is 8.76. The molecule has 0 bridgehead atoms. The molecule has 0 saturated carbocycles. The van der Waals surface area contributed by atoms with Crippen LogP contribution in [0.5, 0.6) is 23.0 Å². The highest BCUT2D eigenvalue weighted by molar-refractivity contribution is 5.90. The topological polar surface area (TPSA) is 86.7 Å². The van der Waals surface area contributed by atoms with Crippen molar-refractivity contribution in [3.05, 3.63) is 47.5 Å². The average molecular weight is 419 g/mol. The minimum absolute atomic E-state index is 0.0630. The lowest BCUT2D eigenvalue weighted by molar-refractivity contribution is 0.0599. The highest BCUT2D eigenvalue weighted by atomic mass is 16.5. The molecule has 0 aromatic heterocycles. The minimum atomic E-state index is -0.739. The summed E-state index contributed by atoms with van der Waals surface area (Å²) in [5, 5.41) is 10.4. The summed E-state index contributed by atoms with van der Waals surface area (Å²) in [5.74, 6) is 1.69. The van der Waals surface area contributed by atoms with Gasteiger partial charge < -0.3 is 28.8 Å². The fraction of sp³-hybridized carbons (Fsp3) is 0.409. The van der Waals surface area contributed by atoms with Crippen LogP contribution in [0.4, 0.5) is 0 Å². The maximum absolute atomic E-state index is 11.6. The zero-order valence-electron chi connectivity index (χ0n) is 18.0. The van der Waals surface area contributed by atoms with E-state index in [1.165, 1.54) is 20.3 Å². The van der Waals surface area contributed by atoms with E-state index in [9.17, 15) is 9.90 Å². The number of nitrogens with zero attached hydrogens (tertiary/aromatic N) is 1. The number of para-hydroxylation sites is 1. The first-order valence-electron chi connectivity index (χ1n) is 9.39. The first kappa shape index (κ1) is 23.3. The van der Waals surface area contributed by atoms with E-state index < -0.39 is 12.1 Å². The number of likely N-dealkylation sites (N-methyl/N-ethyl adjacent to an activating group) is 1. The normalized spacial score (nSPS) is 11.7. The molecule has 0 aliphatic heterocycles. The molecule has 0 saturated heterocycles. The van der Waals surface area contributed by atoms with Crippen molar-refractivity contribution in [1.82, 2.24) is 4.90 Å². The van der Waals surface area contributed by atoms with Crippen LogP contribution in [-0.4, -0.2) is 70.7 Å². The van der Waals surface area contributed by atoms with Crippen LogP contribution in [0.25, 0.3) is 0 Å². The number of rotatable bonds is 11. The van der Waals surface area contributed by atoms with Gasteiger partial charge in [0.1, 0.15) is 12.7 Å². The molecule has 1 atom stereocenters. The predicted molar refractivity (Wildman–Crippen MR) is 112 cm³/mol. The number of carbonyl (C=O) groups excluding carboxylic acids is 1. The van der Waals surface area contributed by atoms with Crippen LogP contribution in [-0.2, 0) is 11.3 Å². The second-order valence-corrected chi connectivity index (χ2v) is 6.67.